The van der Waals surface area contributed by atoms with Crippen LogP contribution in [0.15, 0.2) is 32.3 Å². The quantitative estimate of drug-likeness (QED) is 0.812. The predicted molar refractivity (Wildman–Crippen MR) is 86.1 cm³/mol. The molecule has 0 radical (unpaired) electrons. The third-order valence-corrected chi connectivity index (χ3v) is 4.65. The Hall–Kier alpha value is -2.22. The van der Waals surface area contributed by atoms with Crippen LogP contribution in [0.1, 0.15) is 23.5 Å². The zero-order valence-corrected chi connectivity index (χ0v) is 14.0. The third kappa shape index (κ3) is 2.42. The van der Waals surface area contributed by atoms with Crippen LogP contribution in [0.3, 0.4) is 0 Å². The van der Waals surface area contributed by atoms with E-state index in [0.29, 0.717) is 11.1 Å². The molecule has 0 saturated heterocycles. The molecule has 1 aliphatic rings. The van der Waals surface area contributed by atoms with E-state index in [1.54, 1.807) is 6.07 Å². The Labute approximate surface area is 138 Å². The summed E-state index contributed by atoms with van der Waals surface area (Å²) in [5.74, 6) is -1.07. The maximum atomic E-state index is 13.5. The van der Waals surface area contributed by atoms with Crippen LogP contribution in [0, 0.1) is 5.82 Å². The van der Waals surface area contributed by atoms with Gasteiger partial charge in [0.25, 0.3) is 5.56 Å². The molecular weight excluding hydrogens is 369 g/mol. The SMILES string of the molecule is Cn1c2c(c(=O)n(C)c1=O)[C@H](c1ccc(F)c(Br)c1)CC(=O)N2. The highest BCUT2D eigenvalue weighted by atomic mass is 79.9. The van der Waals surface area contributed by atoms with Crippen LogP contribution in [0.25, 0.3) is 0 Å². The molecule has 2 heterocycles. The van der Waals surface area contributed by atoms with E-state index in [1.807, 2.05) is 0 Å². The molecule has 3 rings (SSSR count). The van der Waals surface area contributed by atoms with E-state index in [1.165, 1.54) is 30.8 Å². The van der Waals surface area contributed by atoms with Crippen molar-refractivity contribution in [3.63, 3.8) is 0 Å². The molecular formula is C15H13BrFN3O3. The van der Waals surface area contributed by atoms with Gasteiger partial charge in [0.1, 0.15) is 11.6 Å². The molecule has 120 valence electrons. The van der Waals surface area contributed by atoms with Crippen molar-refractivity contribution in [2.75, 3.05) is 5.32 Å². The number of anilines is 1. The van der Waals surface area contributed by atoms with E-state index in [2.05, 4.69) is 21.2 Å². The topological polar surface area (TPSA) is 73.1 Å². The summed E-state index contributed by atoms with van der Waals surface area (Å²) >= 11 is 3.11. The summed E-state index contributed by atoms with van der Waals surface area (Å²) in [5, 5.41) is 2.59. The summed E-state index contributed by atoms with van der Waals surface area (Å²) in [4.78, 5) is 36.6. The number of carbonyl (C=O) groups excluding carboxylic acids is 1. The largest absolute Gasteiger partial charge is 0.332 e. The molecule has 1 amide bonds. The van der Waals surface area contributed by atoms with Gasteiger partial charge in [-0.2, -0.15) is 0 Å². The van der Waals surface area contributed by atoms with Gasteiger partial charge in [-0.05, 0) is 33.6 Å². The number of carbonyl (C=O) groups is 1. The highest BCUT2D eigenvalue weighted by Gasteiger charge is 2.32. The molecule has 1 N–H and O–H groups in total. The Morgan fingerprint density at radius 2 is 1.91 bits per heavy atom. The van der Waals surface area contributed by atoms with Crippen molar-refractivity contribution < 1.29 is 9.18 Å². The number of amides is 1. The number of rotatable bonds is 1. The van der Waals surface area contributed by atoms with Crippen LogP contribution in [0.2, 0.25) is 0 Å². The van der Waals surface area contributed by atoms with Gasteiger partial charge in [0, 0.05) is 26.4 Å². The van der Waals surface area contributed by atoms with Crippen molar-refractivity contribution in [3.05, 3.63) is 60.5 Å². The molecule has 0 spiro atoms. The molecule has 23 heavy (non-hydrogen) atoms. The Bertz CT molecular complexity index is 948. The van der Waals surface area contributed by atoms with Crippen LogP contribution in [-0.4, -0.2) is 15.0 Å². The fourth-order valence-corrected chi connectivity index (χ4v) is 3.22. The highest BCUT2D eigenvalue weighted by Crippen LogP contribution is 2.35. The number of aromatic nitrogens is 2. The van der Waals surface area contributed by atoms with Crippen LogP contribution < -0.4 is 16.6 Å². The third-order valence-electron chi connectivity index (χ3n) is 4.04. The lowest BCUT2D eigenvalue weighted by atomic mass is 9.86. The van der Waals surface area contributed by atoms with Crippen LogP contribution in [0.5, 0.6) is 0 Å². The second-order valence-corrected chi connectivity index (χ2v) is 6.30. The number of hydrogen-bond donors (Lipinski definition) is 1. The molecule has 0 fully saturated rings. The average molecular weight is 382 g/mol. The summed E-state index contributed by atoms with van der Waals surface area (Å²) in [5.41, 5.74) is -0.0265. The van der Waals surface area contributed by atoms with Crippen molar-refractivity contribution in [3.8, 4) is 0 Å². The molecule has 1 aromatic heterocycles. The monoisotopic (exact) mass is 381 g/mol. The lowest BCUT2D eigenvalue weighted by Crippen LogP contribution is -2.44. The van der Waals surface area contributed by atoms with Gasteiger partial charge in [-0.15, -0.1) is 0 Å². The first-order valence-electron chi connectivity index (χ1n) is 6.86. The van der Waals surface area contributed by atoms with Crippen molar-refractivity contribution in [1.29, 1.82) is 0 Å². The molecule has 6 nitrogen and oxygen atoms in total. The number of benzene rings is 1. The van der Waals surface area contributed by atoms with E-state index in [-0.39, 0.29) is 22.6 Å². The fraction of sp³-hybridized carbons (Fsp3) is 0.267. The van der Waals surface area contributed by atoms with Crippen LogP contribution in [0.4, 0.5) is 10.2 Å². The minimum absolute atomic E-state index is 0.0541. The summed E-state index contributed by atoms with van der Waals surface area (Å²) in [6.45, 7) is 0. The highest BCUT2D eigenvalue weighted by molar-refractivity contribution is 9.10. The van der Waals surface area contributed by atoms with E-state index in [4.69, 9.17) is 0 Å². The Balaban J connectivity index is 2.31. The lowest BCUT2D eigenvalue weighted by Gasteiger charge is -2.27. The molecule has 0 bridgehead atoms. The van der Waals surface area contributed by atoms with Gasteiger partial charge in [-0.25, -0.2) is 9.18 Å². The maximum absolute atomic E-state index is 13.5. The van der Waals surface area contributed by atoms with Gasteiger partial charge in [0.2, 0.25) is 5.91 Å². The summed E-state index contributed by atoms with van der Waals surface area (Å²) in [6.07, 6.45) is 0.0541. The Morgan fingerprint density at radius 3 is 2.57 bits per heavy atom. The second kappa shape index (κ2) is 5.45. The summed E-state index contributed by atoms with van der Waals surface area (Å²) < 4.78 is 16.0. The first kappa shape index (κ1) is 15.7. The molecule has 1 aromatic carbocycles. The molecule has 0 unspecified atom stereocenters. The minimum atomic E-state index is -0.541. The van der Waals surface area contributed by atoms with E-state index in [0.717, 1.165) is 4.57 Å². The number of nitrogens with one attached hydrogen (secondary N) is 1. The Morgan fingerprint density at radius 1 is 1.22 bits per heavy atom. The summed E-state index contributed by atoms with van der Waals surface area (Å²) in [7, 11) is 2.88. The minimum Gasteiger partial charge on any atom is -0.312 e. The van der Waals surface area contributed by atoms with Crippen LogP contribution in [-0.2, 0) is 18.9 Å². The number of halogens is 2. The van der Waals surface area contributed by atoms with Gasteiger partial charge in [0.15, 0.2) is 0 Å². The molecule has 1 aliphatic heterocycles. The van der Waals surface area contributed by atoms with Crippen molar-refractivity contribution in [2.45, 2.75) is 12.3 Å². The maximum Gasteiger partial charge on any atom is 0.332 e. The van der Waals surface area contributed by atoms with Gasteiger partial charge in [-0.3, -0.25) is 18.7 Å². The standard InChI is InChI=1S/C15H13BrFN3O3/c1-19-13-12(14(22)20(2)15(19)23)8(6-11(21)18-13)7-3-4-10(17)9(16)5-7/h3-5,8H,6H2,1-2H3,(H,18,21)/t8-/m0/s1. The Kier molecular flexibility index (Phi) is 3.71. The molecule has 8 heteroatoms. The second-order valence-electron chi connectivity index (χ2n) is 5.45. The fourth-order valence-electron chi connectivity index (χ4n) is 2.82. The van der Waals surface area contributed by atoms with E-state index < -0.39 is 23.0 Å². The predicted octanol–water partition coefficient (Wildman–Crippen LogP) is 1.46. The number of hydrogen-bond acceptors (Lipinski definition) is 3. The van der Waals surface area contributed by atoms with E-state index in [9.17, 15) is 18.8 Å². The molecule has 2 aromatic rings. The normalized spacial score (nSPS) is 16.9. The van der Waals surface area contributed by atoms with Gasteiger partial charge < -0.3 is 5.32 Å². The number of nitrogens with zero attached hydrogens (tertiary/aromatic N) is 2. The molecule has 1 atom stereocenters. The van der Waals surface area contributed by atoms with Crippen LogP contribution >= 0.6 is 15.9 Å². The van der Waals surface area contributed by atoms with Crippen molar-refractivity contribution in [2.24, 2.45) is 14.1 Å². The first-order valence-corrected chi connectivity index (χ1v) is 7.65. The zero-order valence-electron chi connectivity index (χ0n) is 12.4. The van der Waals surface area contributed by atoms with Crippen molar-refractivity contribution in [1.82, 2.24) is 9.13 Å². The smallest absolute Gasteiger partial charge is 0.312 e. The zero-order chi connectivity index (χ0) is 16.9. The van der Waals surface area contributed by atoms with Gasteiger partial charge in [-0.1, -0.05) is 6.07 Å². The van der Waals surface area contributed by atoms with Gasteiger partial charge >= 0.3 is 5.69 Å². The number of fused-ring (bicyclic) bond motifs is 1. The molecule has 0 saturated carbocycles. The van der Waals surface area contributed by atoms with E-state index >= 15 is 0 Å². The van der Waals surface area contributed by atoms with Crippen molar-refractivity contribution >= 4 is 27.7 Å². The van der Waals surface area contributed by atoms with Gasteiger partial charge in [0.05, 0.1) is 10.0 Å². The summed E-state index contributed by atoms with van der Waals surface area (Å²) in [6, 6.07) is 4.36. The molecule has 0 aliphatic carbocycles. The lowest BCUT2D eigenvalue weighted by molar-refractivity contribution is -0.116. The average Bonchev–Trinajstić information content (AvgIpc) is 2.52. The first-order chi connectivity index (χ1) is 10.8.